The predicted molar refractivity (Wildman–Crippen MR) is 237 cm³/mol. The van der Waals surface area contributed by atoms with Gasteiger partial charge >= 0.3 is 48.9 Å². The van der Waals surface area contributed by atoms with Crippen molar-refractivity contribution in [2.24, 2.45) is 0 Å². The molecule has 21 heteroatoms. The summed E-state index contributed by atoms with van der Waals surface area (Å²) in [5.41, 5.74) is 0. The minimum absolute atomic E-state index is 0. The third-order valence-electron chi connectivity index (χ3n) is 4.72. The van der Waals surface area contributed by atoms with Gasteiger partial charge in [0.25, 0.3) is 0 Å². The zero-order valence-corrected chi connectivity index (χ0v) is 42.7. The first kappa shape index (κ1) is 65.6. The number of nitrogens with zero attached hydrogens (tertiary/aromatic N) is 6. The van der Waals surface area contributed by atoms with Gasteiger partial charge < -0.3 is 178 Å². The quantitative estimate of drug-likeness (QED) is 0.196. The van der Waals surface area contributed by atoms with E-state index in [2.05, 4.69) is 159 Å². The van der Waals surface area contributed by atoms with Crippen LogP contribution in [-0.2, 0) is 115 Å². The van der Waals surface area contributed by atoms with E-state index >= 15 is 0 Å². The van der Waals surface area contributed by atoms with Crippen molar-refractivity contribution in [2.45, 2.75) is 41.5 Å². The fourth-order valence-electron chi connectivity index (χ4n) is 0.775. The molecule has 45 heavy (non-hydrogen) atoms. The van der Waals surface area contributed by atoms with E-state index in [0.29, 0.717) is 25.9 Å². The molecule has 0 bridgehead atoms. The maximum absolute atomic E-state index is 4.66. The molecular weight excluding hydrogens is 981 g/mol. The van der Waals surface area contributed by atoms with Crippen LogP contribution in [0, 0.1) is 0 Å². The summed E-state index contributed by atoms with van der Waals surface area (Å²) in [6.45, 7) is 17.5. The summed E-state index contributed by atoms with van der Waals surface area (Å²) in [5.74, 6) is 0. The molecule has 0 amide bonds. The fourth-order valence-corrected chi connectivity index (χ4v) is 2.32. The van der Waals surface area contributed by atoms with Crippen molar-refractivity contribution >= 4 is 185 Å². The van der Waals surface area contributed by atoms with Crippen molar-refractivity contribution in [3.63, 3.8) is 0 Å². The topological polar surface area (TPSA) is 19.4 Å². The summed E-state index contributed by atoms with van der Waals surface area (Å²) in [4.78, 5) is 11.0. The van der Waals surface area contributed by atoms with Crippen molar-refractivity contribution < 1.29 is 39.1 Å². The minimum atomic E-state index is 0. The molecule has 0 aliphatic heterocycles. The molecule has 0 spiro atoms. The van der Waals surface area contributed by atoms with Gasteiger partial charge in [-0.15, -0.1) is 0 Å². The van der Waals surface area contributed by atoms with Crippen LogP contribution in [0.3, 0.4) is 0 Å². The molecule has 0 aliphatic rings. The van der Waals surface area contributed by atoms with Crippen molar-refractivity contribution in [3.05, 3.63) is 0 Å². The zero-order valence-electron chi connectivity index (χ0n) is 28.0. The molecule has 0 aromatic heterocycles. The van der Waals surface area contributed by atoms with Crippen molar-refractivity contribution in [3.8, 4) is 0 Å². The molecule has 0 heterocycles. The first-order valence-electron chi connectivity index (χ1n) is 12.8. The Morgan fingerprint density at radius 1 is 0.356 bits per heavy atom. The van der Waals surface area contributed by atoms with Crippen LogP contribution in [-0.4, -0.2) is 137 Å². The SMILES string of the molecule is CCN(C)C(=S)[S-].CCN(C)C(=S)[S-].CCN(C)C(=S)[S-].CCN(C)C(=S)[S-].CCN(C)C(=S)[S-].CCN(C)C(=S)[S-].[Mo+4].[S]=[Mo+2]. The molecular formula is C24H48Mo2N6S13. The standard InChI is InChI=1S/6C4H9NS2.2Mo.S/c6*1-3-5(2)4(6)7;;;/h6*3H2,1-2H3,(H,6,7);;;/q;;;;;;+2;+4;/p-6. The number of hydrogen-bond donors (Lipinski definition) is 0. The monoisotopic (exact) mass is 1030 g/mol. The summed E-state index contributed by atoms with van der Waals surface area (Å²) in [5, 5.41) is 0. The van der Waals surface area contributed by atoms with Gasteiger partial charge in [0.1, 0.15) is 0 Å². The zero-order chi connectivity index (χ0) is 37.2. The Labute approximate surface area is 371 Å². The molecule has 0 N–H and O–H groups in total. The summed E-state index contributed by atoms with van der Waals surface area (Å²) < 4.78 is 3.26. The molecule has 0 radical (unpaired) electrons. The second kappa shape index (κ2) is 48.4. The van der Waals surface area contributed by atoms with Gasteiger partial charge in [-0.2, -0.15) is 0 Å². The van der Waals surface area contributed by atoms with Crippen LogP contribution in [0.4, 0.5) is 0 Å². The third-order valence-corrected chi connectivity index (χ3v) is 8.46. The first-order chi connectivity index (χ1) is 20.1. The van der Waals surface area contributed by atoms with E-state index in [1.54, 1.807) is 0 Å². The average molecular weight is 1030 g/mol. The summed E-state index contributed by atoms with van der Waals surface area (Å²) in [6.07, 6.45) is 0. The normalized spacial score (nSPS) is 7.80. The summed E-state index contributed by atoms with van der Waals surface area (Å²) in [7, 11) is 15.4. The van der Waals surface area contributed by atoms with Gasteiger partial charge in [-0.3, -0.25) is 0 Å². The molecule has 0 saturated heterocycles. The van der Waals surface area contributed by atoms with E-state index < -0.39 is 0 Å². The van der Waals surface area contributed by atoms with E-state index in [-0.39, 0.29) is 21.1 Å². The van der Waals surface area contributed by atoms with Gasteiger partial charge in [-0.05, 0) is 41.5 Å². The molecule has 0 rings (SSSR count). The molecule has 264 valence electrons. The van der Waals surface area contributed by atoms with Crippen LogP contribution in [0.1, 0.15) is 41.5 Å². The van der Waals surface area contributed by atoms with Crippen molar-refractivity contribution in [1.82, 2.24) is 29.4 Å². The van der Waals surface area contributed by atoms with E-state index in [1.165, 1.54) is 18.0 Å². The molecule has 0 atom stereocenters. The van der Waals surface area contributed by atoms with Crippen LogP contribution in [0.15, 0.2) is 0 Å². The van der Waals surface area contributed by atoms with Crippen LogP contribution in [0.25, 0.3) is 0 Å². The summed E-state index contributed by atoms with van der Waals surface area (Å²) >= 11 is 57.4. The average Bonchev–Trinajstić information content (AvgIpc) is 3.00. The number of thiocarbonyl (C=S) groups is 6. The molecule has 0 aromatic rings. The molecule has 6 nitrogen and oxygen atoms in total. The van der Waals surface area contributed by atoms with E-state index in [4.69, 9.17) is 0 Å². The Morgan fingerprint density at radius 3 is 0.422 bits per heavy atom. The van der Waals surface area contributed by atoms with Gasteiger partial charge in [0.15, 0.2) is 0 Å². The first-order valence-corrected chi connectivity index (χ1v) is 20.5. The van der Waals surface area contributed by atoms with Gasteiger partial charge in [-0.1, -0.05) is 25.9 Å². The predicted octanol–water partition coefficient (Wildman–Crippen LogP) is 5.26. The Hall–Kier alpha value is 2.26. The Balaban J connectivity index is -0.0000000599. The van der Waals surface area contributed by atoms with Crippen molar-refractivity contribution in [1.29, 1.82) is 0 Å². The second-order valence-corrected chi connectivity index (χ2v) is 13.9. The Kier molecular flexibility index (Phi) is 70.5. The number of rotatable bonds is 6. The molecule has 0 fully saturated rings. The van der Waals surface area contributed by atoms with Gasteiger partial charge in [0.05, 0.1) is 0 Å². The van der Waals surface area contributed by atoms with Crippen LogP contribution in [0.5, 0.6) is 0 Å². The van der Waals surface area contributed by atoms with Crippen LogP contribution < -0.4 is 0 Å². The molecule has 0 aromatic carbocycles. The molecule has 0 unspecified atom stereocenters. The van der Waals surface area contributed by atoms with Crippen LogP contribution >= 0.6 is 83.1 Å². The summed E-state index contributed by atoms with van der Waals surface area (Å²) in [6, 6.07) is 0. The van der Waals surface area contributed by atoms with E-state index in [9.17, 15) is 0 Å². The Morgan fingerprint density at radius 2 is 0.422 bits per heavy atom. The maximum atomic E-state index is 4.66. The fraction of sp³-hybridized carbons (Fsp3) is 0.750. The molecule has 0 aliphatic carbocycles. The van der Waals surface area contributed by atoms with E-state index in [1.807, 2.05) is 113 Å². The van der Waals surface area contributed by atoms with Gasteiger partial charge in [0, 0.05) is 81.6 Å². The van der Waals surface area contributed by atoms with Crippen LogP contribution in [0.2, 0.25) is 0 Å². The Bertz CT molecular complexity index is 616. The second-order valence-electron chi connectivity index (χ2n) is 7.68. The van der Waals surface area contributed by atoms with Gasteiger partial charge in [-0.25, -0.2) is 0 Å². The van der Waals surface area contributed by atoms with Crippen molar-refractivity contribution in [2.75, 3.05) is 81.6 Å². The van der Waals surface area contributed by atoms with Gasteiger partial charge in [0.2, 0.25) is 0 Å². The number of hydrogen-bond acceptors (Lipinski definition) is 13. The van der Waals surface area contributed by atoms with E-state index in [0.717, 1.165) is 39.3 Å². The molecule has 0 saturated carbocycles. The third kappa shape index (κ3) is 61.9.